The van der Waals surface area contributed by atoms with E-state index in [4.69, 9.17) is 4.98 Å². The van der Waals surface area contributed by atoms with Gasteiger partial charge >= 0.3 is 0 Å². The van der Waals surface area contributed by atoms with E-state index in [1.54, 1.807) is 0 Å². The first-order chi connectivity index (χ1) is 10.3. The van der Waals surface area contributed by atoms with Crippen LogP contribution in [0.1, 0.15) is 30.3 Å². The van der Waals surface area contributed by atoms with Gasteiger partial charge in [0.05, 0.1) is 6.54 Å². The van der Waals surface area contributed by atoms with Crippen molar-refractivity contribution in [1.82, 2.24) is 19.4 Å². The van der Waals surface area contributed by atoms with Crippen molar-refractivity contribution < 1.29 is 0 Å². The Labute approximate surface area is 126 Å². The summed E-state index contributed by atoms with van der Waals surface area (Å²) in [5.41, 5.74) is 1.20. The van der Waals surface area contributed by atoms with E-state index in [0.29, 0.717) is 5.92 Å². The zero-order valence-corrected chi connectivity index (χ0v) is 12.8. The zero-order valence-electron chi connectivity index (χ0n) is 12.8. The normalized spacial score (nSPS) is 19.6. The Balaban J connectivity index is 1.69. The summed E-state index contributed by atoms with van der Waals surface area (Å²) in [7, 11) is 3.97. The fraction of sp³-hybridized carbons (Fsp3) is 0.500. The third-order valence-corrected chi connectivity index (χ3v) is 4.24. The average molecular weight is 285 g/mol. The van der Waals surface area contributed by atoms with E-state index in [1.807, 2.05) is 25.5 Å². The summed E-state index contributed by atoms with van der Waals surface area (Å²) in [6.45, 7) is 3.13. The molecule has 0 amide bonds. The Bertz CT molecular complexity index is 592. The average Bonchev–Trinajstić information content (AvgIpc) is 2.93. The Morgan fingerprint density at radius 3 is 3.05 bits per heavy atom. The van der Waals surface area contributed by atoms with Crippen LogP contribution in [0.15, 0.2) is 30.6 Å². The second-order valence-corrected chi connectivity index (χ2v) is 5.73. The van der Waals surface area contributed by atoms with Gasteiger partial charge < -0.3 is 9.88 Å². The van der Waals surface area contributed by atoms with Gasteiger partial charge in [-0.2, -0.15) is 0 Å². The van der Waals surface area contributed by atoms with Gasteiger partial charge in [-0.15, -0.1) is 0 Å². The molecule has 1 aliphatic heterocycles. The van der Waals surface area contributed by atoms with Crippen molar-refractivity contribution in [3.63, 3.8) is 0 Å². The lowest BCUT2D eigenvalue weighted by Crippen LogP contribution is -2.35. The molecule has 5 nitrogen and oxygen atoms in total. The molecule has 112 valence electrons. The molecule has 3 heterocycles. The summed E-state index contributed by atoms with van der Waals surface area (Å²) in [5, 5.41) is 3.12. The highest BCUT2D eigenvalue weighted by atomic mass is 15.2. The minimum atomic E-state index is 0.521. The van der Waals surface area contributed by atoms with Crippen LogP contribution in [0.2, 0.25) is 0 Å². The predicted molar refractivity (Wildman–Crippen MR) is 84.2 cm³/mol. The van der Waals surface area contributed by atoms with Crippen LogP contribution in [0.4, 0.5) is 5.82 Å². The van der Waals surface area contributed by atoms with Crippen LogP contribution >= 0.6 is 0 Å². The number of aryl methyl sites for hydroxylation is 1. The summed E-state index contributed by atoms with van der Waals surface area (Å²) < 4.78 is 2.10. The standard InChI is InChI=1S/C16H23N5/c1-17-15-7-3-6-14(19-15)13-5-4-9-21(11-13)12-16-18-8-10-20(16)2/h3,6-8,10,13H,4-5,9,11-12H2,1-2H3,(H,17,19). The van der Waals surface area contributed by atoms with Crippen LogP contribution in [-0.2, 0) is 13.6 Å². The Kier molecular flexibility index (Phi) is 4.20. The van der Waals surface area contributed by atoms with Crippen molar-refractivity contribution in [2.45, 2.75) is 25.3 Å². The first-order valence-corrected chi connectivity index (χ1v) is 7.59. The number of hydrogen-bond acceptors (Lipinski definition) is 4. The van der Waals surface area contributed by atoms with E-state index in [-0.39, 0.29) is 0 Å². The third-order valence-electron chi connectivity index (χ3n) is 4.24. The fourth-order valence-corrected chi connectivity index (χ4v) is 3.01. The molecule has 21 heavy (non-hydrogen) atoms. The number of nitrogens with zero attached hydrogens (tertiary/aromatic N) is 4. The van der Waals surface area contributed by atoms with Crippen LogP contribution < -0.4 is 5.32 Å². The molecule has 0 aromatic carbocycles. The number of rotatable bonds is 4. The maximum Gasteiger partial charge on any atom is 0.125 e. The molecule has 0 radical (unpaired) electrons. The van der Waals surface area contributed by atoms with E-state index in [0.717, 1.165) is 31.3 Å². The van der Waals surface area contributed by atoms with Crippen molar-refractivity contribution >= 4 is 5.82 Å². The van der Waals surface area contributed by atoms with Crippen LogP contribution in [0.3, 0.4) is 0 Å². The van der Waals surface area contributed by atoms with E-state index >= 15 is 0 Å². The van der Waals surface area contributed by atoms with E-state index < -0.39 is 0 Å². The molecule has 0 bridgehead atoms. The molecule has 0 saturated carbocycles. The van der Waals surface area contributed by atoms with Crippen molar-refractivity contribution in [3.05, 3.63) is 42.1 Å². The molecule has 5 heteroatoms. The van der Waals surface area contributed by atoms with Crippen LogP contribution in [0, 0.1) is 0 Å². The lowest BCUT2D eigenvalue weighted by Gasteiger charge is -2.32. The topological polar surface area (TPSA) is 46.0 Å². The summed E-state index contributed by atoms with van der Waals surface area (Å²) in [4.78, 5) is 11.6. The second-order valence-electron chi connectivity index (χ2n) is 5.73. The SMILES string of the molecule is CNc1cccc(C2CCCN(Cc3nccn3C)C2)n1. The van der Waals surface area contributed by atoms with Crippen molar-refractivity contribution in [2.24, 2.45) is 7.05 Å². The van der Waals surface area contributed by atoms with Gasteiger partial charge in [-0.05, 0) is 31.5 Å². The molecule has 3 rings (SSSR count). The molecule has 1 N–H and O–H groups in total. The van der Waals surface area contributed by atoms with Gasteiger partial charge in [-0.3, -0.25) is 4.90 Å². The summed E-state index contributed by atoms with van der Waals surface area (Å²) >= 11 is 0. The number of imidazole rings is 1. The smallest absolute Gasteiger partial charge is 0.125 e. The summed E-state index contributed by atoms with van der Waals surface area (Å²) in [6.07, 6.45) is 6.32. The van der Waals surface area contributed by atoms with Gasteiger partial charge in [0.15, 0.2) is 0 Å². The van der Waals surface area contributed by atoms with Crippen molar-refractivity contribution in [1.29, 1.82) is 0 Å². The molecule has 0 aliphatic carbocycles. The molecule has 1 aliphatic rings. The Morgan fingerprint density at radius 1 is 1.38 bits per heavy atom. The van der Waals surface area contributed by atoms with Gasteiger partial charge in [0, 0.05) is 44.6 Å². The summed E-state index contributed by atoms with van der Waals surface area (Å²) in [5.74, 6) is 2.61. The third kappa shape index (κ3) is 3.24. The quantitative estimate of drug-likeness (QED) is 0.936. The number of anilines is 1. The van der Waals surface area contributed by atoms with Crippen LogP contribution in [0.25, 0.3) is 0 Å². The van der Waals surface area contributed by atoms with Gasteiger partial charge in [-0.25, -0.2) is 9.97 Å². The number of hydrogen-bond donors (Lipinski definition) is 1. The molecule has 1 saturated heterocycles. The number of nitrogens with one attached hydrogen (secondary N) is 1. The molecular formula is C16H23N5. The fourth-order valence-electron chi connectivity index (χ4n) is 3.01. The highest BCUT2D eigenvalue weighted by molar-refractivity contribution is 5.35. The monoisotopic (exact) mass is 285 g/mol. The van der Waals surface area contributed by atoms with E-state index in [2.05, 4.69) is 38.9 Å². The second kappa shape index (κ2) is 6.26. The zero-order chi connectivity index (χ0) is 14.7. The first kappa shape index (κ1) is 14.1. The van der Waals surface area contributed by atoms with E-state index in [1.165, 1.54) is 18.5 Å². The molecule has 0 spiro atoms. The minimum absolute atomic E-state index is 0.521. The molecule has 2 aromatic rings. The molecule has 1 fully saturated rings. The van der Waals surface area contributed by atoms with E-state index in [9.17, 15) is 0 Å². The molecular weight excluding hydrogens is 262 g/mol. The van der Waals surface area contributed by atoms with Gasteiger partial charge in [0.1, 0.15) is 11.6 Å². The highest BCUT2D eigenvalue weighted by Gasteiger charge is 2.23. The Hall–Kier alpha value is -1.88. The summed E-state index contributed by atoms with van der Waals surface area (Å²) in [6, 6.07) is 6.25. The molecule has 2 aromatic heterocycles. The number of pyridine rings is 1. The van der Waals surface area contributed by atoms with Gasteiger partial charge in [0.2, 0.25) is 0 Å². The largest absolute Gasteiger partial charge is 0.373 e. The van der Waals surface area contributed by atoms with Crippen molar-refractivity contribution in [3.8, 4) is 0 Å². The maximum absolute atomic E-state index is 4.71. The highest BCUT2D eigenvalue weighted by Crippen LogP contribution is 2.27. The van der Waals surface area contributed by atoms with Gasteiger partial charge in [-0.1, -0.05) is 6.07 Å². The number of aromatic nitrogens is 3. The van der Waals surface area contributed by atoms with Crippen molar-refractivity contribution in [2.75, 3.05) is 25.5 Å². The molecule has 1 unspecified atom stereocenters. The minimum Gasteiger partial charge on any atom is -0.373 e. The number of likely N-dealkylation sites (tertiary alicyclic amines) is 1. The predicted octanol–water partition coefficient (Wildman–Crippen LogP) is 2.24. The van der Waals surface area contributed by atoms with Gasteiger partial charge in [0.25, 0.3) is 0 Å². The number of piperidine rings is 1. The lowest BCUT2D eigenvalue weighted by molar-refractivity contribution is 0.192. The maximum atomic E-state index is 4.71. The van der Waals surface area contributed by atoms with Crippen LogP contribution in [-0.4, -0.2) is 39.6 Å². The Morgan fingerprint density at radius 2 is 2.29 bits per heavy atom. The van der Waals surface area contributed by atoms with Crippen LogP contribution in [0.5, 0.6) is 0 Å². The first-order valence-electron chi connectivity index (χ1n) is 7.59. The lowest BCUT2D eigenvalue weighted by atomic mass is 9.94. The molecule has 1 atom stereocenters.